The van der Waals surface area contributed by atoms with Gasteiger partial charge in [0, 0.05) is 5.56 Å². The highest BCUT2D eigenvalue weighted by Crippen LogP contribution is 2.18. The first-order valence-corrected chi connectivity index (χ1v) is 5.83. The molecule has 4 heteroatoms. The molecule has 0 aliphatic carbocycles. The van der Waals surface area contributed by atoms with Gasteiger partial charge in [-0.05, 0) is 19.1 Å². The fraction of sp³-hybridized carbons (Fsp3) is 0.273. The summed E-state index contributed by atoms with van der Waals surface area (Å²) in [4.78, 5) is 24.5. The van der Waals surface area contributed by atoms with Crippen LogP contribution in [0.25, 0.3) is 0 Å². The molecular weight excluding hydrogens is 210 g/mol. The Kier molecular flexibility index (Phi) is 2.77. The van der Waals surface area contributed by atoms with Crippen LogP contribution in [-0.2, 0) is 4.79 Å². The van der Waals surface area contributed by atoms with E-state index in [4.69, 9.17) is 0 Å². The number of amides is 2. The summed E-state index contributed by atoms with van der Waals surface area (Å²) in [6, 6.07) is 7.27. The second-order valence-corrected chi connectivity index (χ2v) is 4.43. The number of hydrogen-bond acceptors (Lipinski definition) is 3. The maximum atomic E-state index is 11.9. The molecule has 1 aliphatic heterocycles. The van der Waals surface area contributed by atoms with Crippen molar-refractivity contribution in [2.24, 2.45) is 0 Å². The molecule has 0 saturated carbocycles. The number of hydrogen-bond donors (Lipinski definition) is 0. The van der Waals surface area contributed by atoms with Crippen molar-refractivity contribution in [2.45, 2.75) is 6.92 Å². The molecule has 3 nitrogen and oxygen atoms in total. The quantitative estimate of drug-likeness (QED) is 0.677. The number of carbonyl (C=O) groups is 2. The van der Waals surface area contributed by atoms with Crippen LogP contribution in [0.5, 0.6) is 0 Å². The topological polar surface area (TPSA) is 37.4 Å². The van der Waals surface area contributed by atoms with Gasteiger partial charge in [0.2, 0.25) is 5.91 Å². The Hall–Kier alpha value is -1.29. The van der Waals surface area contributed by atoms with Crippen LogP contribution in [0.4, 0.5) is 0 Å². The Balaban J connectivity index is 2.20. The van der Waals surface area contributed by atoms with E-state index in [1.54, 1.807) is 12.1 Å². The lowest BCUT2D eigenvalue weighted by molar-refractivity contribution is -0.124. The number of aryl methyl sites for hydroxylation is 1. The lowest BCUT2D eigenvalue weighted by atomic mass is 10.1. The predicted molar refractivity (Wildman–Crippen MR) is 59.7 cm³/mol. The molecule has 0 bridgehead atoms. The lowest BCUT2D eigenvalue weighted by Gasteiger charge is -2.12. The van der Waals surface area contributed by atoms with Gasteiger partial charge >= 0.3 is 0 Å². The van der Waals surface area contributed by atoms with E-state index >= 15 is 0 Å². The molecule has 15 heavy (non-hydrogen) atoms. The molecule has 2 rings (SSSR count). The SMILES string of the molecule is Cc1ccc(C(=O)N2CSCC2=O)cc1. The monoisotopic (exact) mass is 221 g/mol. The summed E-state index contributed by atoms with van der Waals surface area (Å²) in [5, 5.41) is 0. The normalized spacial score (nSPS) is 15.8. The summed E-state index contributed by atoms with van der Waals surface area (Å²) >= 11 is 1.47. The third-order valence-corrected chi connectivity index (χ3v) is 3.18. The van der Waals surface area contributed by atoms with Gasteiger partial charge in [-0.3, -0.25) is 14.5 Å². The smallest absolute Gasteiger partial charge is 0.261 e. The summed E-state index contributed by atoms with van der Waals surface area (Å²) in [6.07, 6.45) is 0. The number of imide groups is 1. The van der Waals surface area contributed by atoms with Crippen molar-refractivity contribution in [3.8, 4) is 0 Å². The van der Waals surface area contributed by atoms with Gasteiger partial charge < -0.3 is 0 Å². The molecule has 1 aromatic carbocycles. The zero-order valence-electron chi connectivity index (χ0n) is 8.40. The van der Waals surface area contributed by atoms with E-state index in [9.17, 15) is 9.59 Å². The second kappa shape index (κ2) is 4.06. The first-order chi connectivity index (χ1) is 7.18. The summed E-state index contributed by atoms with van der Waals surface area (Å²) in [5.74, 6) is 0.610. The standard InChI is InChI=1S/C11H11NO2S/c1-8-2-4-9(5-3-8)11(14)12-7-15-6-10(12)13/h2-5H,6-7H2,1H3. The van der Waals surface area contributed by atoms with Gasteiger partial charge in [0.25, 0.3) is 5.91 Å². The van der Waals surface area contributed by atoms with Gasteiger partial charge in [0.15, 0.2) is 0 Å². The van der Waals surface area contributed by atoms with Gasteiger partial charge in [-0.2, -0.15) is 0 Å². The molecule has 1 heterocycles. The van der Waals surface area contributed by atoms with E-state index < -0.39 is 0 Å². The van der Waals surface area contributed by atoms with Gasteiger partial charge in [-0.1, -0.05) is 17.7 Å². The molecule has 0 radical (unpaired) electrons. The third-order valence-electron chi connectivity index (χ3n) is 2.29. The minimum atomic E-state index is -0.190. The molecule has 1 aliphatic rings. The van der Waals surface area contributed by atoms with E-state index in [0.717, 1.165) is 5.56 Å². The van der Waals surface area contributed by atoms with Crippen LogP contribution in [0.1, 0.15) is 15.9 Å². The zero-order chi connectivity index (χ0) is 10.8. The zero-order valence-corrected chi connectivity index (χ0v) is 9.21. The molecule has 1 fully saturated rings. The average molecular weight is 221 g/mol. The first-order valence-electron chi connectivity index (χ1n) is 4.67. The minimum absolute atomic E-state index is 0.0921. The molecular formula is C11H11NO2S. The van der Waals surface area contributed by atoms with E-state index in [1.165, 1.54) is 16.7 Å². The molecule has 2 amide bonds. The van der Waals surface area contributed by atoms with E-state index in [0.29, 0.717) is 17.2 Å². The summed E-state index contributed by atoms with van der Waals surface area (Å²) < 4.78 is 0. The Morgan fingerprint density at radius 2 is 2.00 bits per heavy atom. The predicted octanol–water partition coefficient (Wildman–Crippen LogP) is 1.67. The van der Waals surface area contributed by atoms with Gasteiger partial charge in [0.1, 0.15) is 0 Å². The lowest BCUT2D eigenvalue weighted by Crippen LogP contribution is -2.32. The average Bonchev–Trinajstić information content (AvgIpc) is 2.65. The van der Waals surface area contributed by atoms with Gasteiger partial charge in [-0.25, -0.2) is 0 Å². The van der Waals surface area contributed by atoms with Crippen molar-refractivity contribution in [2.75, 3.05) is 11.6 Å². The van der Waals surface area contributed by atoms with Crippen molar-refractivity contribution in [1.29, 1.82) is 0 Å². The van der Waals surface area contributed by atoms with Crippen LogP contribution in [0.15, 0.2) is 24.3 Å². The number of carbonyl (C=O) groups excluding carboxylic acids is 2. The third kappa shape index (κ3) is 2.04. The summed E-state index contributed by atoms with van der Waals surface area (Å²) in [5.41, 5.74) is 1.69. The van der Waals surface area contributed by atoms with Crippen molar-refractivity contribution >= 4 is 23.6 Å². The van der Waals surface area contributed by atoms with Gasteiger partial charge in [0.05, 0.1) is 11.6 Å². The fourth-order valence-corrected chi connectivity index (χ4v) is 2.26. The van der Waals surface area contributed by atoms with Crippen LogP contribution in [-0.4, -0.2) is 28.3 Å². The maximum Gasteiger partial charge on any atom is 0.261 e. The van der Waals surface area contributed by atoms with Crippen LogP contribution < -0.4 is 0 Å². The molecule has 0 N–H and O–H groups in total. The van der Waals surface area contributed by atoms with Crippen LogP contribution in [0.2, 0.25) is 0 Å². The second-order valence-electron chi connectivity index (χ2n) is 3.47. The molecule has 0 aromatic heterocycles. The molecule has 1 saturated heterocycles. The van der Waals surface area contributed by atoms with Crippen LogP contribution >= 0.6 is 11.8 Å². The highest BCUT2D eigenvalue weighted by molar-refractivity contribution is 8.00. The van der Waals surface area contributed by atoms with Crippen molar-refractivity contribution < 1.29 is 9.59 Å². The Bertz CT molecular complexity index is 400. The van der Waals surface area contributed by atoms with E-state index in [-0.39, 0.29) is 11.8 Å². The van der Waals surface area contributed by atoms with Crippen LogP contribution in [0.3, 0.4) is 0 Å². The Morgan fingerprint density at radius 3 is 2.53 bits per heavy atom. The Labute approximate surface area is 92.5 Å². The number of rotatable bonds is 1. The molecule has 78 valence electrons. The highest BCUT2D eigenvalue weighted by atomic mass is 32.2. The van der Waals surface area contributed by atoms with E-state index in [2.05, 4.69) is 0 Å². The van der Waals surface area contributed by atoms with Crippen molar-refractivity contribution in [3.63, 3.8) is 0 Å². The van der Waals surface area contributed by atoms with Crippen molar-refractivity contribution in [1.82, 2.24) is 4.90 Å². The Morgan fingerprint density at radius 1 is 1.33 bits per heavy atom. The number of benzene rings is 1. The highest BCUT2D eigenvalue weighted by Gasteiger charge is 2.27. The minimum Gasteiger partial charge on any atom is -0.273 e. The number of nitrogens with zero attached hydrogens (tertiary/aromatic N) is 1. The van der Waals surface area contributed by atoms with E-state index in [1.807, 2.05) is 19.1 Å². The molecule has 0 unspecified atom stereocenters. The maximum absolute atomic E-state index is 11.9. The summed E-state index contributed by atoms with van der Waals surface area (Å²) in [6.45, 7) is 1.96. The summed E-state index contributed by atoms with van der Waals surface area (Å²) in [7, 11) is 0. The first kappa shape index (κ1) is 10.2. The molecule has 0 atom stereocenters. The molecule has 0 spiro atoms. The van der Waals surface area contributed by atoms with Crippen molar-refractivity contribution in [3.05, 3.63) is 35.4 Å². The van der Waals surface area contributed by atoms with Crippen LogP contribution in [0, 0.1) is 6.92 Å². The number of thioether (sulfide) groups is 1. The van der Waals surface area contributed by atoms with Gasteiger partial charge in [-0.15, -0.1) is 11.8 Å². The largest absolute Gasteiger partial charge is 0.273 e. The fourth-order valence-electron chi connectivity index (χ4n) is 1.40. The molecule has 1 aromatic rings.